The molecule has 6 heterocycles. The summed E-state index contributed by atoms with van der Waals surface area (Å²) in [6, 6.07) is 0. The van der Waals surface area contributed by atoms with E-state index >= 15 is 0 Å². The number of esters is 3. The molecule has 0 spiro atoms. The lowest BCUT2D eigenvalue weighted by Crippen LogP contribution is -2.47. The van der Waals surface area contributed by atoms with Gasteiger partial charge in [-0.3, -0.25) is 29.1 Å². The topological polar surface area (TPSA) is 184 Å². The van der Waals surface area contributed by atoms with E-state index < -0.39 is 0 Å². The predicted molar refractivity (Wildman–Crippen MR) is 351 cm³/mol. The minimum absolute atomic E-state index is 0. The van der Waals surface area contributed by atoms with Gasteiger partial charge >= 0.3 is 36.2 Å². The van der Waals surface area contributed by atoms with Crippen LogP contribution in [0.15, 0.2) is 0 Å². The Morgan fingerprint density at radius 1 is 0.287 bits per heavy atom. The first-order valence-corrected chi connectivity index (χ1v) is 32.6. The second-order valence-corrected chi connectivity index (χ2v) is 30.7. The van der Waals surface area contributed by atoms with Crippen molar-refractivity contribution in [2.45, 2.75) is 226 Å². The summed E-state index contributed by atoms with van der Waals surface area (Å²) in [5.41, 5.74) is -0.914. The van der Waals surface area contributed by atoms with Crippen molar-refractivity contribution in [2.75, 3.05) is 158 Å². The third-order valence-electron chi connectivity index (χ3n) is 13.7. The van der Waals surface area contributed by atoms with Crippen LogP contribution in [-0.4, -0.2) is 250 Å². The summed E-state index contributed by atoms with van der Waals surface area (Å²) in [5.74, 6) is -0.314. The highest BCUT2D eigenvalue weighted by molar-refractivity contribution is 5.73. The van der Waals surface area contributed by atoms with Crippen LogP contribution in [0.2, 0.25) is 0 Å². The first kappa shape index (κ1) is 83.0. The summed E-state index contributed by atoms with van der Waals surface area (Å²) in [6.07, 6.45) is 13.9. The van der Waals surface area contributed by atoms with Crippen LogP contribution in [0, 0.1) is 16.2 Å². The van der Waals surface area contributed by atoms with E-state index in [2.05, 4.69) is 101 Å². The Morgan fingerprint density at radius 2 is 0.494 bits per heavy atom. The van der Waals surface area contributed by atoms with Gasteiger partial charge in [0.15, 0.2) is 0 Å². The molecule has 87 heavy (non-hydrogen) atoms. The van der Waals surface area contributed by atoms with Crippen molar-refractivity contribution in [3.63, 3.8) is 0 Å². The van der Waals surface area contributed by atoms with Crippen molar-refractivity contribution in [3.05, 3.63) is 0 Å². The van der Waals surface area contributed by atoms with Gasteiger partial charge in [0.1, 0.15) is 16.8 Å². The van der Waals surface area contributed by atoms with E-state index in [4.69, 9.17) is 28.4 Å². The molecule has 0 radical (unpaired) electrons. The van der Waals surface area contributed by atoms with E-state index in [1.54, 1.807) is 4.90 Å². The van der Waals surface area contributed by atoms with Gasteiger partial charge in [-0.05, 0) is 183 Å². The Labute approximate surface area is 531 Å². The molecule has 0 atom stereocenters. The molecule has 6 aliphatic heterocycles. The van der Waals surface area contributed by atoms with E-state index in [1.165, 1.54) is 51.4 Å². The molecule has 3 amide bonds. The standard InChI is InChI=1S/2C11H22N2O2.4C11H21NO2.CH4/c1-11(2,3)9-15-10(14)13-7-5-12(4)6-8-13;1-11(2,3)15-10(14)9-13-7-5-12(4)6-8-13;2*1-11(2,3)9-14-10(13)12-7-5-4-6-8-12;2*1-11(2,3)14-10(13)9-12-7-5-4-6-8-12;/h2*5-9H2,1-4H3;4*4-9H2,1-3H3;1H4. The van der Waals surface area contributed by atoms with Crippen LogP contribution < -0.4 is 0 Å². The number of likely N-dealkylation sites (tertiary alicyclic amines) is 4. The zero-order chi connectivity index (χ0) is 65.4. The van der Waals surface area contributed by atoms with Gasteiger partial charge in [0.05, 0.1) is 39.5 Å². The van der Waals surface area contributed by atoms with Crippen molar-refractivity contribution in [3.8, 4) is 0 Å². The van der Waals surface area contributed by atoms with E-state index in [0.29, 0.717) is 39.5 Å². The Kier molecular flexibility index (Phi) is 39.5. The van der Waals surface area contributed by atoms with E-state index in [1.807, 2.05) is 72.1 Å². The molecule has 512 valence electrons. The summed E-state index contributed by atoms with van der Waals surface area (Å²) in [4.78, 5) is 85.6. The average Bonchev–Trinajstić information content (AvgIpc) is 3.58. The van der Waals surface area contributed by atoms with Gasteiger partial charge in [0.25, 0.3) is 0 Å². The fourth-order valence-electron chi connectivity index (χ4n) is 9.16. The quantitative estimate of drug-likeness (QED) is 0.157. The molecule has 0 saturated carbocycles. The van der Waals surface area contributed by atoms with Crippen molar-refractivity contribution in [2.24, 2.45) is 16.2 Å². The molecule has 6 aliphatic rings. The van der Waals surface area contributed by atoms with Crippen LogP contribution in [0.5, 0.6) is 0 Å². The van der Waals surface area contributed by atoms with Crippen LogP contribution in [0.25, 0.3) is 0 Å². The molecule has 0 aliphatic carbocycles. The number of likely N-dealkylation sites (N-methyl/N-ethyl adjacent to an activating group) is 2. The summed E-state index contributed by atoms with van der Waals surface area (Å²) in [7, 11) is 4.17. The number of piperazine rings is 2. The second-order valence-electron chi connectivity index (χ2n) is 30.7. The van der Waals surface area contributed by atoms with Gasteiger partial charge in [-0.15, -0.1) is 0 Å². The van der Waals surface area contributed by atoms with Crippen LogP contribution in [0.4, 0.5) is 14.4 Å². The summed E-state index contributed by atoms with van der Waals surface area (Å²) in [6.45, 7) is 53.5. The number of hydrogen-bond acceptors (Lipinski definition) is 17. The van der Waals surface area contributed by atoms with E-state index in [9.17, 15) is 28.8 Å². The SMILES string of the molecule is C.CC(C)(C)COC(=O)N1CCCCC1.CC(C)(C)COC(=O)N1CCCCC1.CC(C)(C)OC(=O)CN1CCCCC1.CC(C)(C)OC(=O)CN1CCCCC1.CN1CCN(C(=O)OCC(C)(C)C)CC1.CN1CCN(CC(=O)OC(C)(C)C)CC1. The van der Waals surface area contributed by atoms with Crippen LogP contribution in [0.1, 0.15) is 209 Å². The number of carbonyl (C=O) groups is 6. The number of rotatable bonds is 9. The smallest absolute Gasteiger partial charge is 0.409 e. The number of hydrogen-bond donors (Lipinski definition) is 0. The number of nitrogens with zero attached hydrogens (tertiary/aromatic N) is 8. The van der Waals surface area contributed by atoms with Crippen molar-refractivity contribution in [1.82, 2.24) is 39.2 Å². The fraction of sp³-hybridized carbons (Fsp3) is 0.910. The van der Waals surface area contributed by atoms with Gasteiger partial charge < -0.3 is 52.9 Å². The van der Waals surface area contributed by atoms with Crippen molar-refractivity contribution < 1.29 is 57.2 Å². The maximum atomic E-state index is 11.6. The number of piperidine rings is 4. The summed E-state index contributed by atoms with van der Waals surface area (Å²) >= 11 is 0. The van der Waals surface area contributed by atoms with E-state index in [-0.39, 0.29) is 76.7 Å². The molecule has 0 bridgehead atoms. The number of amides is 3. The number of ether oxygens (including phenoxy) is 6. The highest BCUT2D eigenvalue weighted by Crippen LogP contribution is 2.19. The number of carbonyl (C=O) groups excluding carboxylic acids is 6. The van der Waals surface area contributed by atoms with Crippen LogP contribution >= 0.6 is 0 Å². The molecule has 20 nitrogen and oxygen atoms in total. The molecular weight excluding hydrogens is 1110 g/mol. The molecule has 6 rings (SSSR count). The van der Waals surface area contributed by atoms with Gasteiger partial charge in [-0.1, -0.05) is 82.6 Å². The van der Waals surface area contributed by atoms with Crippen LogP contribution in [0.3, 0.4) is 0 Å². The predicted octanol–water partition coefficient (Wildman–Crippen LogP) is 11.6. The Hall–Kier alpha value is -3.98. The normalized spacial score (nSPS) is 18.8. The molecule has 20 heteroatoms. The molecule has 0 N–H and O–H groups in total. The van der Waals surface area contributed by atoms with Gasteiger partial charge in [-0.2, -0.15) is 0 Å². The molecule has 0 unspecified atom stereocenters. The lowest BCUT2D eigenvalue weighted by atomic mass is 9.99. The monoisotopic (exact) mass is 1240 g/mol. The molecule has 6 saturated heterocycles. The van der Waals surface area contributed by atoms with Crippen molar-refractivity contribution >= 4 is 36.2 Å². The molecular formula is C67H132N8O12. The highest BCUT2D eigenvalue weighted by Gasteiger charge is 2.26. The molecule has 0 aromatic heterocycles. The van der Waals surface area contributed by atoms with Gasteiger partial charge in [0, 0.05) is 78.5 Å². The Balaban J connectivity index is 0.00000102. The van der Waals surface area contributed by atoms with Crippen molar-refractivity contribution in [1.29, 1.82) is 0 Å². The lowest BCUT2D eigenvalue weighted by molar-refractivity contribution is -0.157. The Bertz CT molecular complexity index is 1810. The zero-order valence-electron chi connectivity index (χ0n) is 58.5. The first-order chi connectivity index (χ1) is 39.7. The lowest BCUT2D eigenvalue weighted by Gasteiger charge is -2.32. The highest BCUT2D eigenvalue weighted by atomic mass is 16.6. The molecule has 6 fully saturated rings. The van der Waals surface area contributed by atoms with E-state index in [0.717, 1.165) is 130 Å². The fourth-order valence-corrected chi connectivity index (χ4v) is 9.16. The zero-order valence-corrected chi connectivity index (χ0v) is 58.5. The Morgan fingerprint density at radius 3 is 0.724 bits per heavy atom. The minimum atomic E-state index is -0.371. The molecule has 0 aromatic carbocycles. The largest absolute Gasteiger partial charge is 0.459 e. The molecule has 0 aromatic rings. The first-order valence-electron chi connectivity index (χ1n) is 32.6. The average molecular weight is 1240 g/mol. The van der Waals surface area contributed by atoms with Gasteiger partial charge in [-0.25, -0.2) is 14.4 Å². The third-order valence-corrected chi connectivity index (χ3v) is 13.7. The maximum absolute atomic E-state index is 11.6. The van der Waals surface area contributed by atoms with Crippen LogP contribution in [-0.2, 0) is 42.8 Å². The second kappa shape index (κ2) is 41.4. The summed E-state index contributed by atoms with van der Waals surface area (Å²) < 4.78 is 31.5. The summed E-state index contributed by atoms with van der Waals surface area (Å²) in [5, 5.41) is 0. The maximum Gasteiger partial charge on any atom is 0.409 e. The third kappa shape index (κ3) is 47.6. The minimum Gasteiger partial charge on any atom is -0.459 e. The van der Waals surface area contributed by atoms with Gasteiger partial charge in [0.2, 0.25) is 0 Å².